The van der Waals surface area contributed by atoms with Crippen LogP contribution in [0.2, 0.25) is 0 Å². The van der Waals surface area contributed by atoms with E-state index in [2.05, 4.69) is 0 Å². The van der Waals surface area contributed by atoms with Gasteiger partial charge in [-0.05, 0) is 12.5 Å². The predicted molar refractivity (Wildman–Crippen MR) is 35.1 cm³/mol. The van der Waals surface area contributed by atoms with Gasteiger partial charge in [-0.2, -0.15) is 0 Å². The lowest BCUT2D eigenvalue weighted by Crippen LogP contribution is -2.30. The van der Waals surface area contributed by atoms with Crippen LogP contribution in [0.3, 0.4) is 0 Å². The van der Waals surface area contributed by atoms with E-state index in [9.17, 15) is 4.79 Å². The first kappa shape index (κ1) is 7.18. The third kappa shape index (κ3) is 1.15. The van der Waals surface area contributed by atoms with E-state index in [0.717, 1.165) is 0 Å². The fraction of sp³-hybridized carbons (Fsp3) is 0.286. The maximum absolute atomic E-state index is 10.2. The van der Waals surface area contributed by atoms with Crippen LogP contribution in [-0.4, -0.2) is 22.3 Å². The number of hydrogen-bond acceptors (Lipinski definition) is 3. The van der Waals surface area contributed by atoms with Crippen molar-refractivity contribution in [3.05, 3.63) is 23.8 Å². The Morgan fingerprint density at radius 2 is 2.30 bits per heavy atom. The van der Waals surface area contributed by atoms with Crippen LogP contribution in [0.25, 0.3) is 0 Å². The van der Waals surface area contributed by atoms with Crippen molar-refractivity contribution < 1.29 is 15.0 Å². The molecule has 0 radical (unpaired) electrons. The number of hydrogen-bond donors (Lipinski definition) is 2. The highest BCUT2D eigenvalue weighted by atomic mass is 16.5. The summed E-state index contributed by atoms with van der Waals surface area (Å²) in [6, 6.07) is 0. The van der Waals surface area contributed by atoms with E-state index >= 15 is 0 Å². The van der Waals surface area contributed by atoms with Gasteiger partial charge in [0.05, 0.1) is 5.57 Å². The van der Waals surface area contributed by atoms with Gasteiger partial charge in [0.1, 0.15) is 0 Å². The molecule has 0 heterocycles. The van der Waals surface area contributed by atoms with Crippen molar-refractivity contribution in [1.29, 1.82) is 0 Å². The van der Waals surface area contributed by atoms with Gasteiger partial charge < -0.3 is 10.2 Å². The molecule has 54 valence electrons. The molecule has 3 nitrogen and oxygen atoms in total. The maximum atomic E-state index is 10.2. The summed E-state index contributed by atoms with van der Waals surface area (Å²) in [5, 5.41) is 18.0. The molecule has 1 aliphatic rings. The summed E-state index contributed by atoms with van der Waals surface area (Å²) in [5.41, 5.74) is 0.00926. The van der Waals surface area contributed by atoms with E-state index in [1.54, 1.807) is 6.08 Å². The molecule has 0 aliphatic heterocycles. The van der Waals surface area contributed by atoms with E-state index in [4.69, 9.17) is 10.2 Å². The Hall–Kier alpha value is -0.930. The van der Waals surface area contributed by atoms with Gasteiger partial charge in [-0.25, -0.2) is 0 Å². The zero-order valence-electron chi connectivity index (χ0n) is 5.32. The molecule has 1 aliphatic carbocycles. The monoisotopic (exact) mass is 140 g/mol. The summed E-state index contributed by atoms with van der Waals surface area (Å²) in [5.74, 6) is -2.04. The minimum Gasteiger partial charge on any atom is -0.359 e. The Labute approximate surface area is 58.3 Å². The average Bonchev–Trinajstić information content (AvgIpc) is 1.87. The lowest BCUT2D eigenvalue weighted by Gasteiger charge is -2.19. The fourth-order valence-corrected chi connectivity index (χ4v) is 0.809. The standard InChI is InChI=1S/C7H8O3/c8-5-6-3-1-2-4-7(6,9)10/h2-5,9-10H,1H2. The third-order valence-corrected chi connectivity index (χ3v) is 1.38. The Balaban J connectivity index is 2.90. The Bertz CT molecular complexity index is 201. The second-order valence-electron chi connectivity index (χ2n) is 2.14. The van der Waals surface area contributed by atoms with Crippen LogP contribution in [0.15, 0.2) is 23.8 Å². The molecule has 0 fully saturated rings. The fourth-order valence-electron chi connectivity index (χ4n) is 0.809. The minimum atomic E-state index is -2.04. The normalized spacial score (nSPS) is 22.0. The SMILES string of the molecule is O=CC1=CCC=CC1(O)O. The van der Waals surface area contributed by atoms with Gasteiger partial charge in [-0.1, -0.05) is 12.2 Å². The first-order valence-electron chi connectivity index (χ1n) is 2.95. The molecule has 0 bridgehead atoms. The molecule has 0 unspecified atom stereocenters. The molecular formula is C7H8O3. The van der Waals surface area contributed by atoms with Crippen molar-refractivity contribution >= 4 is 6.29 Å². The summed E-state index contributed by atoms with van der Waals surface area (Å²) in [6.45, 7) is 0. The van der Waals surface area contributed by atoms with Crippen LogP contribution in [0.1, 0.15) is 6.42 Å². The molecular weight excluding hydrogens is 132 g/mol. The van der Waals surface area contributed by atoms with Crippen molar-refractivity contribution in [2.45, 2.75) is 12.2 Å². The summed E-state index contributed by atoms with van der Waals surface area (Å²) in [4.78, 5) is 10.2. The molecule has 0 saturated heterocycles. The van der Waals surface area contributed by atoms with Crippen LogP contribution < -0.4 is 0 Å². The zero-order chi connectivity index (χ0) is 7.61. The second kappa shape index (κ2) is 2.36. The molecule has 0 spiro atoms. The number of aldehydes is 1. The average molecular weight is 140 g/mol. The largest absolute Gasteiger partial charge is 0.359 e. The van der Waals surface area contributed by atoms with Crippen LogP contribution in [-0.2, 0) is 4.79 Å². The molecule has 0 aromatic rings. The molecule has 0 atom stereocenters. The highest BCUT2D eigenvalue weighted by molar-refractivity contribution is 5.77. The van der Waals surface area contributed by atoms with E-state index < -0.39 is 5.79 Å². The number of rotatable bonds is 1. The summed E-state index contributed by atoms with van der Waals surface area (Å²) in [7, 11) is 0. The Morgan fingerprint density at radius 3 is 2.70 bits per heavy atom. The summed E-state index contributed by atoms with van der Waals surface area (Å²) < 4.78 is 0. The first-order valence-corrected chi connectivity index (χ1v) is 2.95. The van der Waals surface area contributed by atoms with Gasteiger partial charge in [0.2, 0.25) is 5.79 Å². The zero-order valence-corrected chi connectivity index (χ0v) is 5.32. The molecule has 0 amide bonds. The topological polar surface area (TPSA) is 57.5 Å². The molecule has 0 aromatic carbocycles. The molecule has 10 heavy (non-hydrogen) atoms. The van der Waals surface area contributed by atoms with Gasteiger partial charge in [0.25, 0.3) is 0 Å². The van der Waals surface area contributed by atoms with Crippen molar-refractivity contribution in [1.82, 2.24) is 0 Å². The van der Waals surface area contributed by atoms with Gasteiger partial charge >= 0.3 is 0 Å². The Morgan fingerprint density at radius 1 is 1.60 bits per heavy atom. The highest BCUT2D eigenvalue weighted by Crippen LogP contribution is 2.18. The van der Waals surface area contributed by atoms with Crippen molar-refractivity contribution in [2.24, 2.45) is 0 Å². The van der Waals surface area contributed by atoms with Gasteiger partial charge in [0, 0.05) is 0 Å². The van der Waals surface area contributed by atoms with Crippen molar-refractivity contribution in [3.63, 3.8) is 0 Å². The lowest BCUT2D eigenvalue weighted by atomic mass is 10.0. The number of aliphatic hydroxyl groups is 2. The number of carbonyl (C=O) groups excluding carboxylic acids is 1. The molecule has 0 saturated carbocycles. The quantitative estimate of drug-likeness (QED) is 0.300. The van der Waals surface area contributed by atoms with Crippen LogP contribution in [0, 0.1) is 0 Å². The van der Waals surface area contributed by atoms with Gasteiger partial charge in [-0.15, -0.1) is 0 Å². The third-order valence-electron chi connectivity index (χ3n) is 1.38. The second-order valence-corrected chi connectivity index (χ2v) is 2.14. The van der Waals surface area contributed by atoms with E-state index in [-0.39, 0.29) is 5.57 Å². The summed E-state index contributed by atoms with van der Waals surface area (Å²) >= 11 is 0. The van der Waals surface area contributed by atoms with E-state index in [0.29, 0.717) is 12.7 Å². The molecule has 1 rings (SSSR count). The predicted octanol–water partition coefficient (Wildman–Crippen LogP) is -0.248. The number of allylic oxidation sites excluding steroid dienone is 2. The highest BCUT2D eigenvalue weighted by Gasteiger charge is 2.25. The smallest absolute Gasteiger partial charge is 0.213 e. The van der Waals surface area contributed by atoms with E-state index in [1.807, 2.05) is 0 Å². The van der Waals surface area contributed by atoms with Crippen LogP contribution in [0.5, 0.6) is 0 Å². The van der Waals surface area contributed by atoms with Crippen LogP contribution >= 0.6 is 0 Å². The molecule has 3 heteroatoms. The summed E-state index contributed by atoms with van der Waals surface area (Å²) in [6.07, 6.45) is 5.29. The lowest BCUT2D eigenvalue weighted by molar-refractivity contribution is -0.116. The minimum absolute atomic E-state index is 0.00926. The van der Waals surface area contributed by atoms with Crippen LogP contribution in [0.4, 0.5) is 0 Å². The molecule has 0 aromatic heterocycles. The van der Waals surface area contributed by atoms with E-state index in [1.165, 1.54) is 12.2 Å². The van der Waals surface area contributed by atoms with Gasteiger partial charge in [0.15, 0.2) is 6.29 Å². The Kier molecular flexibility index (Phi) is 1.70. The van der Waals surface area contributed by atoms with Gasteiger partial charge in [-0.3, -0.25) is 4.79 Å². The van der Waals surface area contributed by atoms with Crippen molar-refractivity contribution in [2.75, 3.05) is 0 Å². The number of carbonyl (C=O) groups is 1. The first-order chi connectivity index (χ1) is 4.67. The van der Waals surface area contributed by atoms with Crippen molar-refractivity contribution in [3.8, 4) is 0 Å². The maximum Gasteiger partial charge on any atom is 0.213 e. The molecule has 2 N–H and O–H groups in total.